The molecule has 4 aromatic carbocycles. The molecular formula is C45H42Cl2FN7O4. The van der Waals surface area contributed by atoms with Crippen molar-refractivity contribution >= 4 is 68.2 Å². The van der Waals surface area contributed by atoms with Gasteiger partial charge in [0.2, 0.25) is 5.43 Å². The predicted octanol–water partition coefficient (Wildman–Crippen LogP) is 9.03. The van der Waals surface area contributed by atoms with E-state index in [1.807, 2.05) is 85.6 Å². The second-order valence-corrected chi connectivity index (χ2v) is 16.0. The van der Waals surface area contributed by atoms with Crippen LogP contribution in [0.2, 0.25) is 10.0 Å². The van der Waals surface area contributed by atoms with Crippen molar-refractivity contribution in [3.63, 3.8) is 0 Å². The van der Waals surface area contributed by atoms with Gasteiger partial charge < -0.3 is 34.1 Å². The van der Waals surface area contributed by atoms with E-state index >= 15 is 0 Å². The van der Waals surface area contributed by atoms with Crippen molar-refractivity contribution < 1.29 is 19.0 Å². The molecule has 1 saturated heterocycles. The molecule has 5 aromatic rings. The standard InChI is InChI=1S/C27H22Cl2N4.C18H20FN3O4/c1-17(2)30-24-16-27-25(15-23(24)31-20-11-7-18(28)8-12-20)32-22-5-3-4-6-26(22)33(27)21-13-9-19(29)10-14-21;1-10-9-26-17-14-11(16(23)12(18(24)25)8-22(10)14)7-13(19)15(17)21-5-3-20(2)4-6-21/h3-17,31H,1-2H3;7-8,10H,3-6,9H2,1-2H3,(H,24,25)/b30-24+;/t;10-/m.0/s1. The van der Waals surface area contributed by atoms with Gasteiger partial charge in [-0.15, -0.1) is 0 Å². The first-order valence-electron chi connectivity index (χ1n) is 19.3. The lowest BCUT2D eigenvalue weighted by molar-refractivity contribution is 0.0694. The number of carboxylic acids is 1. The first kappa shape index (κ1) is 39.9. The zero-order valence-electron chi connectivity index (χ0n) is 32.9. The Bertz CT molecular complexity index is 2820. The predicted molar refractivity (Wildman–Crippen MR) is 233 cm³/mol. The molecule has 3 aliphatic heterocycles. The molecule has 14 heteroatoms. The Morgan fingerprint density at radius 3 is 2.32 bits per heavy atom. The topological polar surface area (TPSA) is 117 Å². The molecule has 0 unspecified atom stereocenters. The molecule has 1 aliphatic carbocycles. The quantitative estimate of drug-likeness (QED) is 0.160. The number of nitrogens with zero attached hydrogens (tertiary/aromatic N) is 6. The largest absolute Gasteiger partial charge is 0.487 e. The molecule has 0 amide bonds. The first-order chi connectivity index (χ1) is 28.4. The van der Waals surface area contributed by atoms with Crippen molar-refractivity contribution in [2.75, 3.05) is 50.1 Å². The van der Waals surface area contributed by atoms with Crippen LogP contribution in [0.3, 0.4) is 0 Å². The third-order valence-electron chi connectivity index (χ3n) is 10.5. The summed E-state index contributed by atoms with van der Waals surface area (Å²) in [6, 6.07) is 28.9. The number of carbonyl (C=O) groups is 1. The van der Waals surface area contributed by atoms with E-state index < -0.39 is 17.2 Å². The van der Waals surface area contributed by atoms with Crippen LogP contribution in [0.1, 0.15) is 37.2 Å². The van der Waals surface area contributed by atoms with E-state index in [1.165, 1.54) is 6.20 Å². The molecule has 302 valence electrons. The van der Waals surface area contributed by atoms with Crippen molar-refractivity contribution in [3.05, 3.63) is 134 Å². The molecule has 11 nitrogen and oxygen atoms in total. The molecule has 0 radical (unpaired) electrons. The number of carboxylic acid groups (broad SMARTS) is 1. The molecule has 0 spiro atoms. The number of pyridine rings is 1. The van der Waals surface area contributed by atoms with Crippen LogP contribution in [0, 0.1) is 5.82 Å². The Hall–Kier alpha value is -5.95. The Kier molecular flexibility index (Phi) is 11.1. The summed E-state index contributed by atoms with van der Waals surface area (Å²) < 4.78 is 24.8. The maximum Gasteiger partial charge on any atom is 0.341 e. The maximum absolute atomic E-state index is 15.0. The number of rotatable bonds is 6. The zero-order chi connectivity index (χ0) is 41.5. The van der Waals surface area contributed by atoms with Gasteiger partial charge in [0.15, 0.2) is 11.6 Å². The van der Waals surface area contributed by atoms with Gasteiger partial charge >= 0.3 is 5.97 Å². The smallest absolute Gasteiger partial charge is 0.341 e. The lowest BCUT2D eigenvalue weighted by Gasteiger charge is -2.37. The molecule has 1 atom stereocenters. The van der Waals surface area contributed by atoms with Crippen molar-refractivity contribution in [2.45, 2.75) is 32.9 Å². The van der Waals surface area contributed by atoms with E-state index in [9.17, 15) is 19.1 Å². The summed E-state index contributed by atoms with van der Waals surface area (Å²) in [6.07, 6.45) is 1.34. The van der Waals surface area contributed by atoms with Crippen molar-refractivity contribution in [1.29, 1.82) is 0 Å². The van der Waals surface area contributed by atoms with Crippen LogP contribution in [-0.4, -0.2) is 76.0 Å². The fourth-order valence-corrected chi connectivity index (χ4v) is 7.82. The number of likely N-dealkylation sites (N-methyl/N-ethyl adjacent to an activating group) is 1. The van der Waals surface area contributed by atoms with Gasteiger partial charge in [0.25, 0.3) is 0 Å². The molecule has 4 heterocycles. The number of benzene rings is 5. The fourth-order valence-electron chi connectivity index (χ4n) is 7.57. The summed E-state index contributed by atoms with van der Waals surface area (Å²) in [4.78, 5) is 38.0. The zero-order valence-corrected chi connectivity index (χ0v) is 34.4. The second kappa shape index (κ2) is 16.4. The lowest BCUT2D eigenvalue weighted by Crippen LogP contribution is -2.45. The summed E-state index contributed by atoms with van der Waals surface area (Å²) in [5.41, 5.74) is 6.37. The van der Waals surface area contributed by atoms with Crippen LogP contribution < -0.4 is 25.7 Å². The van der Waals surface area contributed by atoms with Gasteiger partial charge in [-0.1, -0.05) is 35.3 Å². The number of hydrogen-bond acceptors (Lipinski definition) is 8. The number of aromatic nitrogens is 3. The fraction of sp³-hybridized carbons (Fsp3) is 0.244. The van der Waals surface area contributed by atoms with Crippen LogP contribution in [-0.2, 0) is 0 Å². The number of aromatic carboxylic acids is 1. The maximum atomic E-state index is 15.0. The van der Waals surface area contributed by atoms with Crippen LogP contribution in [0.5, 0.6) is 5.75 Å². The highest BCUT2D eigenvalue weighted by atomic mass is 35.5. The van der Waals surface area contributed by atoms with Gasteiger partial charge in [0, 0.05) is 59.8 Å². The molecule has 1 aromatic heterocycles. The minimum atomic E-state index is -1.32. The number of fused-ring (bicyclic) bond motifs is 2. The van der Waals surface area contributed by atoms with E-state index in [2.05, 4.69) is 46.8 Å². The molecule has 0 saturated carbocycles. The Morgan fingerprint density at radius 1 is 0.966 bits per heavy atom. The summed E-state index contributed by atoms with van der Waals surface area (Å²) >= 11 is 12.2. The van der Waals surface area contributed by atoms with Gasteiger partial charge in [0.1, 0.15) is 17.9 Å². The highest BCUT2D eigenvalue weighted by Gasteiger charge is 2.31. The lowest BCUT2D eigenvalue weighted by atomic mass is 10.1. The van der Waals surface area contributed by atoms with Gasteiger partial charge in [-0.3, -0.25) is 9.79 Å². The van der Waals surface area contributed by atoms with E-state index in [1.54, 1.807) is 4.57 Å². The van der Waals surface area contributed by atoms with Crippen LogP contribution in [0.15, 0.2) is 107 Å². The summed E-state index contributed by atoms with van der Waals surface area (Å²) in [6.45, 7) is 9.22. The number of piperazine rings is 1. The molecular weight excluding hydrogens is 792 g/mol. The molecule has 9 rings (SSSR count). The van der Waals surface area contributed by atoms with E-state index in [0.29, 0.717) is 40.1 Å². The molecule has 4 aliphatic rings. The Morgan fingerprint density at radius 2 is 1.64 bits per heavy atom. The third-order valence-corrected chi connectivity index (χ3v) is 11.0. The van der Waals surface area contributed by atoms with E-state index in [4.69, 9.17) is 37.9 Å². The normalized spacial score (nSPS) is 15.7. The molecule has 2 N–H and O–H groups in total. The van der Waals surface area contributed by atoms with Crippen LogP contribution >= 0.6 is 23.2 Å². The minimum absolute atomic E-state index is 0.0434. The van der Waals surface area contributed by atoms with Gasteiger partial charge in [-0.25, -0.2) is 14.2 Å². The molecule has 59 heavy (non-hydrogen) atoms. The number of anilines is 3. The van der Waals surface area contributed by atoms with E-state index in [0.717, 1.165) is 64.0 Å². The first-order valence-corrected chi connectivity index (χ1v) is 20.1. The summed E-state index contributed by atoms with van der Waals surface area (Å²) in [7, 11) is 2.02. The van der Waals surface area contributed by atoms with Gasteiger partial charge in [-0.2, -0.15) is 0 Å². The Balaban J connectivity index is 0.000000169. The minimum Gasteiger partial charge on any atom is -0.487 e. The number of hydrogen-bond donors (Lipinski definition) is 2. The van der Waals surface area contributed by atoms with Crippen LogP contribution in [0.4, 0.5) is 21.5 Å². The number of halogens is 3. The third kappa shape index (κ3) is 7.95. The van der Waals surface area contributed by atoms with Crippen LogP contribution in [0.25, 0.3) is 39.0 Å². The van der Waals surface area contributed by atoms with Crippen molar-refractivity contribution in [1.82, 2.24) is 19.0 Å². The number of para-hydroxylation sites is 2. The summed E-state index contributed by atoms with van der Waals surface area (Å²) in [5, 5.41) is 15.1. The highest BCUT2D eigenvalue weighted by molar-refractivity contribution is 6.30. The second-order valence-electron chi connectivity index (χ2n) is 15.1. The molecule has 0 bridgehead atoms. The number of nitrogens with one attached hydrogen (secondary N) is 1. The average Bonchev–Trinajstić information content (AvgIpc) is 3.21. The monoisotopic (exact) mass is 833 g/mol. The average molecular weight is 835 g/mol. The number of ether oxygens (including phenoxy) is 1. The van der Waals surface area contributed by atoms with Crippen molar-refractivity contribution in [2.24, 2.45) is 4.99 Å². The van der Waals surface area contributed by atoms with Crippen molar-refractivity contribution in [3.8, 4) is 22.8 Å². The molecule has 1 fully saturated rings. The van der Waals surface area contributed by atoms with E-state index in [-0.39, 0.29) is 29.6 Å². The summed E-state index contributed by atoms with van der Waals surface area (Å²) in [5.74, 6) is -1.54. The van der Waals surface area contributed by atoms with Gasteiger partial charge in [0.05, 0.1) is 50.4 Å². The SMILES string of the molecule is CC(C)/N=c1\cc2n(-c3ccc(Cl)cc3)c3ccccc3nc-2cc1Nc1ccc(Cl)cc1.C[C@H]1COc2c(N3CCN(C)CC3)c(F)cc3c(=O)c(C(=O)O)cn1c23. The highest BCUT2D eigenvalue weighted by Crippen LogP contribution is 2.42. The van der Waals surface area contributed by atoms with Gasteiger partial charge in [-0.05, 0) is 107 Å². The Labute approximate surface area is 349 Å².